The highest BCUT2D eigenvalue weighted by Crippen LogP contribution is 2.30. The van der Waals surface area contributed by atoms with Gasteiger partial charge in [-0.15, -0.1) is 0 Å². The molecule has 0 aliphatic rings. The molecule has 0 rings (SSSR count). The van der Waals surface area contributed by atoms with Gasteiger partial charge in [-0.2, -0.15) is 13.2 Å². The van der Waals surface area contributed by atoms with Crippen molar-refractivity contribution in [2.75, 3.05) is 12.6 Å². The Balaban J connectivity index is 4.22. The van der Waals surface area contributed by atoms with Crippen LogP contribution in [0.5, 0.6) is 0 Å². The Hall–Kier alpha value is -1.18. The van der Waals surface area contributed by atoms with Gasteiger partial charge in [0, 0.05) is 6.54 Å². The summed E-state index contributed by atoms with van der Waals surface area (Å²) in [6.45, 7) is 4.94. The molecule has 0 spiro atoms. The summed E-state index contributed by atoms with van der Waals surface area (Å²) in [6, 6.07) is -0.637. The highest BCUT2D eigenvalue weighted by molar-refractivity contribution is 6.17. The summed E-state index contributed by atoms with van der Waals surface area (Å²) in [5, 5.41) is 2.31. The molecule has 0 bridgehead atoms. The van der Waals surface area contributed by atoms with Crippen LogP contribution in [0.15, 0.2) is 0 Å². The van der Waals surface area contributed by atoms with Crippen molar-refractivity contribution in [1.29, 1.82) is 0 Å². The zero-order chi connectivity index (χ0) is 16.7. The van der Waals surface area contributed by atoms with Crippen molar-refractivity contribution in [2.45, 2.75) is 45.4 Å². The van der Waals surface area contributed by atoms with E-state index >= 15 is 0 Å². The molecule has 21 heavy (non-hydrogen) atoms. The van der Waals surface area contributed by atoms with Crippen LogP contribution in [-0.4, -0.2) is 36.5 Å². The Kier molecular flexibility index (Phi) is 7.84. The smallest absolute Gasteiger partial charge is 0.407 e. The van der Waals surface area contributed by atoms with Crippen LogP contribution in [0, 0.1) is 5.92 Å². The maximum Gasteiger partial charge on any atom is 0.407 e. The summed E-state index contributed by atoms with van der Waals surface area (Å²) in [7, 11) is 0. The van der Waals surface area contributed by atoms with Gasteiger partial charge in [0.1, 0.15) is 5.60 Å². The lowest BCUT2D eigenvalue weighted by atomic mass is 10.0. The highest BCUT2D eigenvalue weighted by atomic mass is 35.5. The predicted octanol–water partition coefficient (Wildman–Crippen LogP) is 3.21. The normalized spacial score (nSPS) is 13.5. The van der Waals surface area contributed by atoms with Crippen molar-refractivity contribution in [1.82, 2.24) is 5.32 Å². The Bertz CT molecular complexity index is 355. The van der Waals surface area contributed by atoms with E-state index in [-0.39, 0.29) is 13.0 Å². The maximum absolute atomic E-state index is 12.6. The average Bonchev–Trinajstić information content (AvgIpc) is 2.24. The van der Waals surface area contributed by atoms with Crippen LogP contribution in [0.4, 0.5) is 18.0 Å². The summed E-state index contributed by atoms with van der Waals surface area (Å²) in [6.07, 6.45) is -6.00. The molecular formula is C12H19ClF3NO4. The van der Waals surface area contributed by atoms with Gasteiger partial charge in [-0.25, -0.2) is 4.79 Å². The molecule has 1 amide bonds. The minimum atomic E-state index is -4.71. The summed E-state index contributed by atoms with van der Waals surface area (Å²) in [5.41, 5.74) is -0.692. The highest BCUT2D eigenvalue weighted by Gasteiger charge is 2.45. The van der Waals surface area contributed by atoms with E-state index in [1.165, 1.54) is 0 Å². The van der Waals surface area contributed by atoms with Crippen molar-refractivity contribution in [3.63, 3.8) is 0 Å². The summed E-state index contributed by atoms with van der Waals surface area (Å²) < 4.78 is 47.0. The second kappa shape index (κ2) is 8.31. The van der Waals surface area contributed by atoms with Gasteiger partial charge in [0.05, 0.1) is 0 Å². The first-order valence-electron chi connectivity index (χ1n) is 6.23. The van der Waals surface area contributed by atoms with E-state index in [9.17, 15) is 22.8 Å². The first-order valence-corrected chi connectivity index (χ1v) is 6.77. The van der Waals surface area contributed by atoms with Crippen LogP contribution in [0.25, 0.3) is 0 Å². The Labute approximate surface area is 126 Å². The molecule has 1 N–H and O–H groups in total. The molecule has 1 unspecified atom stereocenters. The predicted molar refractivity (Wildman–Crippen MR) is 69.8 cm³/mol. The first-order chi connectivity index (χ1) is 9.47. The van der Waals surface area contributed by atoms with Crippen molar-refractivity contribution < 1.29 is 32.2 Å². The summed E-state index contributed by atoms with van der Waals surface area (Å²) in [5.74, 6) is -3.67. The van der Waals surface area contributed by atoms with Crippen LogP contribution >= 0.6 is 11.6 Å². The van der Waals surface area contributed by atoms with Gasteiger partial charge in [0.2, 0.25) is 0 Å². The second-order valence-corrected chi connectivity index (χ2v) is 5.46. The number of hydrogen-bond donors (Lipinski definition) is 1. The van der Waals surface area contributed by atoms with E-state index in [2.05, 4.69) is 10.1 Å². The van der Waals surface area contributed by atoms with Gasteiger partial charge in [-0.3, -0.25) is 4.79 Å². The molecule has 0 saturated heterocycles. The minimum absolute atomic E-state index is 0.0460. The number of esters is 1. The standard InChI is InChI=1S/C12H19ClF3NO4/c1-11(2,3)21-10(19)17-6-4-5-8(12(14,15)16)9(18)20-7-13/h8H,4-7H2,1-3H3,(H,17,19). The molecule has 5 nitrogen and oxygen atoms in total. The fourth-order valence-electron chi connectivity index (χ4n) is 1.38. The monoisotopic (exact) mass is 333 g/mol. The number of nitrogens with one attached hydrogen (secondary N) is 1. The zero-order valence-electron chi connectivity index (χ0n) is 12.1. The molecule has 0 aliphatic heterocycles. The topological polar surface area (TPSA) is 64.6 Å². The van der Waals surface area contributed by atoms with E-state index in [4.69, 9.17) is 16.3 Å². The van der Waals surface area contributed by atoms with Crippen LogP contribution in [0.1, 0.15) is 33.6 Å². The third-order valence-corrected chi connectivity index (χ3v) is 2.32. The van der Waals surface area contributed by atoms with Gasteiger partial charge >= 0.3 is 18.2 Å². The number of ether oxygens (including phenoxy) is 2. The molecule has 0 radical (unpaired) electrons. The SMILES string of the molecule is CC(C)(C)OC(=O)NCCCC(C(=O)OCCl)C(F)(F)F. The quantitative estimate of drug-likeness (QED) is 0.460. The molecule has 0 aromatic rings. The lowest BCUT2D eigenvalue weighted by molar-refractivity contribution is -0.197. The number of halogens is 4. The zero-order valence-corrected chi connectivity index (χ0v) is 12.8. The molecule has 0 aliphatic carbocycles. The molecule has 0 fully saturated rings. The Morgan fingerprint density at radius 1 is 1.24 bits per heavy atom. The van der Waals surface area contributed by atoms with Crippen molar-refractivity contribution in [3.05, 3.63) is 0 Å². The van der Waals surface area contributed by atoms with Crippen molar-refractivity contribution in [2.24, 2.45) is 5.92 Å². The van der Waals surface area contributed by atoms with Crippen LogP contribution in [0.2, 0.25) is 0 Å². The van der Waals surface area contributed by atoms with E-state index in [1.54, 1.807) is 20.8 Å². The van der Waals surface area contributed by atoms with Crippen LogP contribution in [0.3, 0.4) is 0 Å². The largest absolute Gasteiger partial charge is 0.449 e. The number of hydrogen-bond acceptors (Lipinski definition) is 4. The summed E-state index contributed by atoms with van der Waals surface area (Å²) in [4.78, 5) is 22.4. The molecular weight excluding hydrogens is 315 g/mol. The van der Waals surface area contributed by atoms with Crippen LogP contribution in [-0.2, 0) is 14.3 Å². The third-order valence-electron chi connectivity index (χ3n) is 2.21. The number of alkyl carbamates (subject to hydrolysis) is 1. The molecule has 0 saturated carbocycles. The van der Waals surface area contributed by atoms with Gasteiger partial charge in [0.15, 0.2) is 12.0 Å². The number of rotatable bonds is 6. The van der Waals surface area contributed by atoms with E-state index < -0.39 is 42.2 Å². The van der Waals surface area contributed by atoms with E-state index in [0.717, 1.165) is 0 Å². The van der Waals surface area contributed by atoms with Gasteiger partial charge < -0.3 is 14.8 Å². The number of carbonyl (C=O) groups excluding carboxylic acids is 2. The number of carbonyl (C=O) groups is 2. The Morgan fingerprint density at radius 3 is 2.24 bits per heavy atom. The maximum atomic E-state index is 12.6. The van der Waals surface area contributed by atoms with Crippen molar-refractivity contribution >= 4 is 23.7 Å². The molecule has 0 aromatic carbocycles. The molecule has 0 aromatic heterocycles. The average molecular weight is 334 g/mol. The lowest BCUT2D eigenvalue weighted by Gasteiger charge is -2.20. The number of alkyl halides is 4. The Morgan fingerprint density at radius 2 is 1.81 bits per heavy atom. The van der Waals surface area contributed by atoms with Crippen LogP contribution < -0.4 is 5.32 Å². The first kappa shape index (κ1) is 19.8. The van der Waals surface area contributed by atoms with Crippen molar-refractivity contribution in [3.8, 4) is 0 Å². The van der Waals surface area contributed by atoms with E-state index in [0.29, 0.717) is 0 Å². The van der Waals surface area contributed by atoms with Gasteiger partial charge in [-0.05, 0) is 33.6 Å². The molecule has 1 atom stereocenters. The number of amides is 1. The molecule has 0 heterocycles. The van der Waals surface area contributed by atoms with Gasteiger partial charge in [0.25, 0.3) is 0 Å². The fourth-order valence-corrected chi connectivity index (χ4v) is 1.49. The van der Waals surface area contributed by atoms with Gasteiger partial charge in [-0.1, -0.05) is 11.6 Å². The molecule has 124 valence electrons. The fraction of sp³-hybridized carbons (Fsp3) is 0.833. The lowest BCUT2D eigenvalue weighted by Crippen LogP contribution is -2.35. The summed E-state index contributed by atoms with van der Waals surface area (Å²) >= 11 is 5.07. The van der Waals surface area contributed by atoms with E-state index in [1.807, 2.05) is 0 Å². The molecule has 9 heteroatoms. The third kappa shape index (κ3) is 9.38. The second-order valence-electron chi connectivity index (χ2n) is 5.24. The minimum Gasteiger partial charge on any atom is -0.449 e.